The fraction of sp³-hybridized carbons (Fsp3) is 0.691. The molecule has 2 saturated heterocycles. The lowest BCUT2D eigenvalue weighted by Gasteiger charge is -2.46. The quantitative estimate of drug-likeness (QED) is 0.0222. The Labute approximate surface area is 413 Å². The van der Waals surface area contributed by atoms with Gasteiger partial charge in [-0.3, -0.25) is 4.79 Å². The van der Waals surface area contributed by atoms with Crippen LogP contribution in [0.3, 0.4) is 0 Å². The molecule has 0 aromatic rings. The molecule has 2 fully saturated rings. The molecule has 0 aromatic carbocycles. The van der Waals surface area contributed by atoms with Crippen molar-refractivity contribution in [1.29, 1.82) is 0 Å². The molecule has 69 heavy (non-hydrogen) atoms. The van der Waals surface area contributed by atoms with Gasteiger partial charge < -0.3 is 65.1 Å². The van der Waals surface area contributed by atoms with Gasteiger partial charge in [-0.25, -0.2) is 0 Å². The van der Waals surface area contributed by atoms with Gasteiger partial charge in [0.1, 0.15) is 48.8 Å². The Bertz CT molecular complexity index is 1520. The Kier molecular flexibility index (Phi) is 36.4. The normalized spacial score (nSPS) is 27.0. The maximum atomic E-state index is 13.2. The molecule has 14 nitrogen and oxygen atoms in total. The highest BCUT2D eigenvalue weighted by Crippen LogP contribution is 2.30. The van der Waals surface area contributed by atoms with E-state index in [1.165, 1.54) is 25.7 Å². The monoisotopic (exact) mass is 974 g/mol. The second-order valence-electron chi connectivity index (χ2n) is 17.9. The van der Waals surface area contributed by atoms with E-state index in [1.54, 1.807) is 6.08 Å². The lowest BCUT2D eigenvalue weighted by molar-refractivity contribution is -0.359. The number of unbranched alkanes of at least 4 members (excludes halogenated alkanes) is 11. The summed E-state index contributed by atoms with van der Waals surface area (Å²) in [6.45, 7) is 2.58. The highest BCUT2D eigenvalue weighted by atomic mass is 16.7. The third-order valence-corrected chi connectivity index (χ3v) is 12.0. The molecule has 2 aliphatic heterocycles. The van der Waals surface area contributed by atoms with Gasteiger partial charge in [-0.1, -0.05) is 150 Å². The van der Waals surface area contributed by atoms with Crippen LogP contribution in [0.15, 0.2) is 97.2 Å². The zero-order valence-electron chi connectivity index (χ0n) is 41.8. The van der Waals surface area contributed by atoms with Gasteiger partial charge in [-0.2, -0.15) is 0 Å². The molecule has 0 aromatic heterocycles. The number of hydrogen-bond donors (Lipinski definition) is 9. The first-order valence-electron chi connectivity index (χ1n) is 26.0. The summed E-state index contributed by atoms with van der Waals surface area (Å²) in [7, 11) is 0. The van der Waals surface area contributed by atoms with Crippen LogP contribution in [0.1, 0.15) is 149 Å². The van der Waals surface area contributed by atoms with E-state index in [-0.39, 0.29) is 18.9 Å². The minimum Gasteiger partial charge on any atom is -0.394 e. The third kappa shape index (κ3) is 27.4. The molecule has 2 aliphatic rings. The Morgan fingerprint density at radius 2 is 1.01 bits per heavy atom. The number of carbonyl (C=O) groups is 1. The summed E-state index contributed by atoms with van der Waals surface area (Å²) in [5.74, 6) is -0.279. The molecule has 2 rings (SSSR count). The van der Waals surface area contributed by atoms with Gasteiger partial charge in [-0.15, -0.1) is 0 Å². The van der Waals surface area contributed by atoms with Gasteiger partial charge in [-0.05, 0) is 89.9 Å². The summed E-state index contributed by atoms with van der Waals surface area (Å²) < 4.78 is 22.7. The molecule has 9 N–H and O–H groups in total. The smallest absolute Gasteiger partial charge is 0.220 e. The van der Waals surface area contributed by atoms with Crippen LogP contribution >= 0.6 is 0 Å². The van der Waals surface area contributed by atoms with Gasteiger partial charge >= 0.3 is 0 Å². The highest BCUT2D eigenvalue weighted by Gasteiger charge is 2.51. The molecule has 0 aliphatic carbocycles. The van der Waals surface area contributed by atoms with Crippen LogP contribution < -0.4 is 5.32 Å². The first kappa shape index (κ1) is 62.0. The van der Waals surface area contributed by atoms with Gasteiger partial charge in [0.15, 0.2) is 12.6 Å². The molecule has 1 amide bonds. The summed E-state index contributed by atoms with van der Waals surface area (Å²) in [6.07, 6.45) is 37.3. The van der Waals surface area contributed by atoms with E-state index in [1.807, 2.05) is 6.08 Å². The predicted molar refractivity (Wildman–Crippen MR) is 272 cm³/mol. The Morgan fingerprint density at radius 3 is 1.59 bits per heavy atom. The van der Waals surface area contributed by atoms with Crippen LogP contribution in [0.2, 0.25) is 0 Å². The summed E-state index contributed by atoms with van der Waals surface area (Å²) in [6, 6.07) is -0.954. The Hall–Kier alpha value is -3.09. The van der Waals surface area contributed by atoms with Crippen molar-refractivity contribution in [2.24, 2.45) is 0 Å². The first-order chi connectivity index (χ1) is 33.6. The number of ether oxygens (including phenoxy) is 4. The second-order valence-corrected chi connectivity index (χ2v) is 17.9. The van der Waals surface area contributed by atoms with Crippen LogP contribution in [-0.4, -0.2) is 140 Å². The molecule has 0 radical (unpaired) electrons. The standard InChI is InChI=1S/C55H91NO13/c1-3-5-7-9-11-13-15-17-19-20-21-22-23-24-25-27-29-31-33-35-37-39-47(60)56-43(44(59)38-36-34-32-30-28-26-18-16-14-12-10-8-6-4-2)42-66-54-52(65)50(63)53(46(41-58)68-54)69-55-51(64)49(62)48(61)45(40-57)67-55/h5,7,11,13-14,16-17,19,21-22,24-25,28,30,36,38,43-46,48-55,57-59,61-65H,3-4,6,8-10,12,15,18,20,23,26-27,29,31-35,37,39-42H2,1-2H3,(H,56,60)/b7-5-,13-11-,16-14+,19-17-,22-21-,25-24-,30-28+,38-36+. The van der Waals surface area contributed by atoms with Crippen molar-refractivity contribution in [2.75, 3.05) is 19.8 Å². The van der Waals surface area contributed by atoms with Gasteiger partial charge in [0, 0.05) is 6.42 Å². The van der Waals surface area contributed by atoms with E-state index in [0.717, 1.165) is 89.9 Å². The highest BCUT2D eigenvalue weighted by molar-refractivity contribution is 5.76. The Balaban J connectivity index is 1.86. The van der Waals surface area contributed by atoms with Crippen molar-refractivity contribution < 1.29 is 64.6 Å². The second kappa shape index (κ2) is 40.5. The summed E-state index contributed by atoms with van der Waals surface area (Å²) in [5.41, 5.74) is 0. The number of allylic oxidation sites excluding steroid dienone is 15. The van der Waals surface area contributed by atoms with Gasteiger partial charge in [0.25, 0.3) is 0 Å². The van der Waals surface area contributed by atoms with E-state index in [0.29, 0.717) is 12.8 Å². The van der Waals surface area contributed by atoms with Crippen LogP contribution in [0.4, 0.5) is 0 Å². The zero-order valence-corrected chi connectivity index (χ0v) is 41.8. The van der Waals surface area contributed by atoms with Crippen molar-refractivity contribution >= 4 is 5.91 Å². The maximum Gasteiger partial charge on any atom is 0.220 e. The minimum absolute atomic E-state index is 0.241. The first-order valence-corrected chi connectivity index (χ1v) is 26.0. The van der Waals surface area contributed by atoms with E-state index >= 15 is 0 Å². The number of hydrogen-bond acceptors (Lipinski definition) is 13. The molecular weight excluding hydrogens is 883 g/mol. The fourth-order valence-corrected chi connectivity index (χ4v) is 7.76. The van der Waals surface area contributed by atoms with Gasteiger partial charge in [0.2, 0.25) is 5.91 Å². The van der Waals surface area contributed by atoms with Crippen LogP contribution in [0.5, 0.6) is 0 Å². The topological polar surface area (TPSA) is 228 Å². The SMILES string of the molecule is CC/C=C\C/C=C\C/C=C\C/C=C\C/C=C\CCCCCCCC(=O)NC(COC1OC(CO)C(OC2OC(CO)C(O)C(O)C2O)C(O)C1O)C(O)/C=C/CC/C=C/CC/C=C/CCCCCC. The predicted octanol–water partition coefficient (Wildman–Crippen LogP) is 7.15. The molecule has 394 valence electrons. The minimum atomic E-state index is -1.80. The van der Waals surface area contributed by atoms with Crippen molar-refractivity contribution in [1.82, 2.24) is 5.32 Å². The molecule has 0 bridgehead atoms. The van der Waals surface area contributed by atoms with E-state index < -0.39 is 86.8 Å². The molecular formula is C55H91NO13. The summed E-state index contributed by atoms with van der Waals surface area (Å²) in [4.78, 5) is 13.2. The number of nitrogens with one attached hydrogen (secondary N) is 1. The van der Waals surface area contributed by atoms with E-state index in [4.69, 9.17) is 18.9 Å². The van der Waals surface area contributed by atoms with E-state index in [2.05, 4.69) is 104 Å². The number of carbonyl (C=O) groups excluding carboxylic acids is 1. The van der Waals surface area contributed by atoms with Crippen molar-refractivity contribution in [3.8, 4) is 0 Å². The molecule has 0 saturated carbocycles. The summed E-state index contributed by atoms with van der Waals surface area (Å²) >= 11 is 0. The largest absolute Gasteiger partial charge is 0.394 e. The zero-order chi connectivity index (χ0) is 50.3. The average Bonchev–Trinajstić information content (AvgIpc) is 3.35. The van der Waals surface area contributed by atoms with Gasteiger partial charge in [0.05, 0.1) is 32.0 Å². The summed E-state index contributed by atoms with van der Waals surface area (Å²) in [5, 5.41) is 86.7. The molecule has 14 heteroatoms. The Morgan fingerprint density at radius 1 is 0.536 bits per heavy atom. The number of amides is 1. The number of aliphatic hydroxyl groups is 8. The molecule has 12 atom stereocenters. The van der Waals surface area contributed by atoms with Crippen LogP contribution in [-0.2, 0) is 23.7 Å². The lowest BCUT2D eigenvalue weighted by atomic mass is 9.97. The number of aliphatic hydroxyl groups excluding tert-OH is 8. The van der Waals surface area contributed by atoms with Crippen molar-refractivity contribution in [3.63, 3.8) is 0 Å². The van der Waals surface area contributed by atoms with E-state index in [9.17, 15) is 45.6 Å². The number of rotatable bonds is 38. The maximum absolute atomic E-state index is 13.2. The van der Waals surface area contributed by atoms with Crippen molar-refractivity contribution in [3.05, 3.63) is 97.2 Å². The van der Waals surface area contributed by atoms with Crippen molar-refractivity contribution in [2.45, 2.75) is 222 Å². The molecule has 0 spiro atoms. The molecule has 12 unspecified atom stereocenters. The third-order valence-electron chi connectivity index (χ3n) is 12.0. The van der Waals surface area contributed by atoms with Crippen LogP contribution in [0, 0.1) is 0 Å². The average molecular weight is 974 g/mol. The van der Waals surface area contributed by atoms with Crippen LogP contribution in [0.25, 0.3) is 0 Å². The molecule has 2 heterocycles. The lowest BCUT2D eigenvalue weighted by Crippen LogP contribution is -2.65. The fourth-order valence-electron chi connectivity index (χ4n) is 7.76.